The topological polar surface area (TPSA) is 34.5 Å². The Morgan fingerprint density at radius 3 is 2.45 bits per heavy atom. The molecule has 2 heterocycles. The van der Waals surface area contributed by atoms with Crippen molar-refractivity contribution in [2.24, 2.45) is 10.6 Å². The van der Waals surface area contributed by atoms with Crippen LogP contribution in [0.1, 0.15) is 25.0 Å². The van der Waals surface area contributed by atoms with E-state index in [1.54, 1.807) is 0 Å². The van der Waals surface area contributed by atoms with Crippen molar-refractivity contribution in [3.8, 4) is 0 Å². The van der Waals surface area contributed by atoms with Crippen LogP contribution in [0.15, 0.2) is 60.0 Å². The summed E-state index contributed by atoms with van der Waals surface area (Å²) < 4.78 is 0. The molecule has 0 N–H and O–H groups in total. The van der Waals surface area contributed by atoms with Crippen molar-refractivity contribution in [3.63, 3.8) is 0 Å². The van der Waals surface area contributed by atoms with E-state index in [4.69, 9.17) is 4.84 Å². The lowest BCUT2D eigenvalue weighted by molar-refractivity contribution is 0.0371. The van der Waals surface area contributed by atoms with Gasteiger partial charge in [-0.25, -0.2) is 0 Å². The second kappa shape index (κ2) is 5.08. The fourth-order valence-electron chi connectivity index (χ4n) is 2.56. The first-order chi connectivity index (χ1) is 9.68. The Balaban J connectivity index is 1.82. The zero-order valence-corrected chi connectivity index (χ0v) is 11.8. The van der Waals surface area contributed by atoms with Crippen LogP contribution in [-0.2, 0) is 11.3 Å². The Kier molecular flexibility index (Phi) is 3.26. The molecule has 0 spiro atoms. The van der Waals surface area contributed by atoms with E-state index in [1.807, 2.05) is 42.7 Å². The summed E-state index contributed by atoms with van der Waals surface area (Å²) in [6.45, 7) is 4.38. The van der Waals surface area contributed by atoms with Crippen molar-refractivity contribution in [3.05, 3.63) is 66.0 Å². The van der Waals surface area contributed by atoms with Crippen LogP contribution in [0.5, 0.6) is 0 Å². The molecule has 0 radical (unpaired) electrons. The van der Waals surface area contributed by atoms with E-state index >= 15 is 0 Å². The minimum Gasteiger partial charge on any atom is -0.391 e. The molecule has 0 saturated carbocycles. The number of aromatic nitrogens is 1. The third kappa shape index (κ3) is 2.31. The van der Waals surface area contributed by atoms with Crippen LogP contribution >= 0.6 is 0 Å². The lowest BCUT2D eigenvalue weighted by atomic mass is 9.77. The lowest BCUT2D eigenvalue weighted by Gasteiger charge is -2.26. The van der Waals surface area contributed by atoms with Crippen LogP contribution in [0.4, 0.5) is 0 Å². The Morgan fingerprint density at radius 1 is 1.05 bits per heavy atom. The fourth-order valence-corrected chi connectivity index (χ4v) is 2.56. The van der Waals surface area contributed by atoms with Gasteiger partial charge in [-0.05, 0) is 23.3 Å². The molecular formula is C17H18N2O. The third-order valence-electron chi connectivity index (χ3n) is 3.90. The van der Waals surface area contributed by atoms with Gasteiger partial charge in [0, 0.05) is 18.8 Å². The molecule has 102 valence electrons. The normalized spacial score (nSPS) is 20.3. The zero-order valence-electron chi connectivity index (χ0n) is 11.8. The molecule has 3 heteroatoms. The third-order valence-corrected chi connectivity index (χ3v) is 3.90. The van der Waals surface area contributed by atoms with Crippen molar-refractivity contribution in [1.29, 1.82) is 0 Å². The van der Waals surface area contributed by atoms with E-state index in [-0.39, 0.29) is 11.5 Å². The van der Waals surface area contributed by atoms with Gasteiger partial charge in [0.1, 0.15) is 6.10 Å². The Morgan fingerprint density at radius 2 is 1.75 bits per heavy atom. The van der Waals surface area contributed by atoms with E-state index in [2.05, 4.69) is 36.1 Å². The molecule has 0 bridgehead atoms. The van der Waals surface area contributed by atoms with Crippen LogP contribution in [0.3, 0.4) is 0 Å². The smallest absolute Gasteiger partial charge is 0.142 e. The summed E-state index contributed by atoms with van der Waals surface area (Å²) in [4.78, 5) is 9.76. The lowest BCUT2D eigenvalue weighted by Crippen LogP contribution is -2.34. The first-order valence-electron chi connectivity index (χ1n) is 6.86. The largest absolute Gasteiger partial charge is 0.391 e. The van der Waals surface area contributed by atoms with Crippen LogP contribution in [-0.4, -0.2) is 16.8 Å². The number of oxime groups is 1. The second-order valence-electron chi connectivity index (χ2n) is 5.68. The van der Waals surface area contributed by atoms with E-state index in [9.17, 15) is 0 Å². The minimum absolute atomic E-state index is 0.0557. The summed E-state index contributed by atoms with van der Waals surface area (Å²) in [6.07, 6.45) is 4.53. The number of rotatable bonds is 3. The van der Waals surface area contributed by atoms with Crippen LogP contribution in [0, 0.1) is 5.41 Å². The predicted molar refractivity (Wildman–Crippen MR) is 79.6 cm³/mol. The first kappa shape index (κ1) is 12.9. The fraction of sp³-hybridized carbons (Fsp3) is 0.294. The highest BCUT2D eigenvalue weighted by molar-refractivity contribution is 6.05. The van der Waals surface area contributed by atoms with E-state index in [0.29, 0.717) is 0 Å². The molecule has 0 saturated heterocycles. The molecule has 1 atom stereocenters. The number of benzene rings is 1. The molecule has 0 aliphatic carbocycles. The quantitative estimate of drug-likeness (QED) is 0.852. The minimum atomic E-state index is -0.107. The predicted octanol–water partition coefficient (Wildman–Crippen LogP) is 3.45. The van der Waals surface area contributed by atoms with Crippen LogP contribution < -0.4 is 0 Å². The van der Waals surface area contributed by atoms with Gasteiger partial charge >= 0.3 is 0 Å². The molecule has 0 fully saturated rings. The molecule has 1 unspecified atom stereocenters. The Bertz CT molecular complexity index is 605. The van der Waals surface area contributed by atoms with Gasteiger partial charge in [-0.3, -0.25) is 4.98 Å². The van der Waals surface area contributed by atoms with Gasteiger partial charge in [-0.1, -0.05) is 49.3 Å². The molecule has 1 aliphatic heterocycles. The number of hydrogen-bond donors (Lipinski definition) is 0. The van der Waals surface area contributed by atoms with Gasteiger partial charge in [-0.15, -0.1) is 0 Å². The summed E-state index contributed by atoms with van der Waals surface area (Å²) in [6, 6.07) is 14.3. The molecule has 2 aromatic rings. The van der Waals surface area contributed by atoms with Gasteiger partial charge in [-0.2, -0.15) is 0 Å². The van der Waals surface area contributed by atoms with Crippen LogP contribution in [0.2, 0.25) is 0 Å². The summed E-state index contributed by atoms with van der Waals surface area (Å²) in [5.74, 6) is 0. The number of nitrogens with zero attached hydrogens (tertiary/aromatic N) is 2. The zero-order chi connectivity index (χ0) is 14.0. The van der Waals surface area contributed by atoms with Crippen molar-refractivity contribution in [2.45, 2.75) is 26.4 Å². The van der Waals surface area contributed by atoms with Gasteiger partial charge in [0.15, 0.2) is 0 Å². The van der Waals surface area contributed by atoms with Crippen LogP contribution in [0.25, 0.3) is 0 Å². The Labute approximate surface area is 119 Å². The standard InChI is InChI=1S/C17H18N2O/c1-17(2)15(12-13-8-10-18-11-9-13)20-19-16(17)14-6-4-3-5-7-14/h3-11,15H,12H2,1-2H3. The highest BCUT2D eigenvalue weighted by Gasteiger charge is 2.42. The van der Waals surface area contributed by atoms with Crippen molar-refractivity contribution in [2.75, 3.05) is 0 Å². The summed E-state index contributed by atoms with van der Waals surface area (Å²) >= 11 is 0. The molecule has 1 aromatic heterocycles. The molecule has 3 nitrogen and oxygen atoms in total. The molecule has 1 aliphatic rings. The summed E-state index contributed by atoms with van der Waals surface area (Å²) in [5, 5.41) is 4.34. The van der Waals surface area contributed by atoms with E-state index in [1.165, 1.54) is 5.56 Å². The average Bonchev–Trinajstić information content (AvgIpc) is 2.76. The maximum atomic E-state index is 5.71. The summed E-state index contributed by atoms with van der Waals surface area (Å²) in [5.41, 5.74) is 3.28. The number of pyridine rings is 1. The highest BCUT2D eigenvalue weighted by Crippen LogP contribution is 2.36. The van der Waals surface area contributed by atoms with Gasteiger partial charge < -0.3 is 4.84 Å². The summed E-state index contributed by atoms with van der Waals surface area (Å²) in [7, 11) is 0. The number of hydrogen-bond acceptors (Lipinski definition) is 3. The van der Waals surface area contributed by atoms with Crippen molar-refractivity contribution < 1.29 is 4.84 Å². The molecule has 1 aromatic carbocycles. The first-order valence-corrected chi connectivity index (χ1v) is 6.86. The molecule has 20 heavy (non-hydrogen) atoms. The molecular weight excluding hydrogens is 248 g/mol. The molecule has 3 rings (SSSR count). The van der Waals surface area contributed by atoms with E-state index in [0.717, 1.165) is 17.7 Å². The van der Waals surface area contributed by atoms with Crippen molar-refractivity contribution >= 4 is 5.71 Å². The van der Waals surface area contributed by atoms with Gasteiger partial charge in [0.25, 0.3) is 0 Å². The van der Waals surface area contributed by atoms with Gasteiger partial charge in [0.05, 0.1) is 11.1 Å². The van der Waals surface area contributed by atoms with Crippen molar-refractivity contribution in [1.82, 2.24) is 4.98 Å². The monoisotopic (exact) mass is 266 g/mol. The SMILES string of the molecule is CC1(C)C(c2ccccc2)=NOC1Cc1ccncc1. The second-order valence-corrected chi connectivity index (χ2v) is 5.68. The van der Waals surface area contributed by atoms with E-state index < -0.39 is 0 Å². The highest BCUT2D eigenvalue weighted by atomic mass is 16.6. The molecule has 0 amide bonds. The maximum absolute atomic E-state index is 5.71. The maximum Gasteiger partial charge on any atom is 0.142 e. The van der Waals surface area contributed by atoms with Gasteiger partial charge in [0.2, 0.25) is 0 Å². The average molecular weight is 266 g/mol. The Hall–Kier alpha value is -2.16.